The molecular formula is C11H12N4O3S. The minimum atomic E-state index is -0.643. The summed E-state index contributed by atoms with van der Waals surface area (Å²) in [6.07, 6.45) is 0. The van der Waals surface area contributed by atoms with Crippen LogP contribution in [0.2, 0.25) is 0 Å². The number of hydrogen-bond donors (Lipinski definition) is 2. The molecule has 1 aromatic rings. The number of amides is 1. The molecule has 0 spiro atoms. The standard InChI is InChI=1S/C11H12N4O3S/c1-2-18-11(17)7-3-6(4-12)10(15-9(7)14)19-5-8(13)16/h3H,2,5H2,1H3,(H2,13,16)(H2,14,15). The summed E-state index contributed by atoms with van der Waals surface area (Å²) < 4.78 is 4.80. The first kappa shape index (κ1) is 14.8. The van der Waals surface area contributed by atoms with Crippen molar-refractivity contribution in [2.45, 2.75) is 11.9 Å². The largest absolute Gasteiger partial charge is 0.462 e. The van der Waals surface area contributed by atoms with E-state index in [4.69, 9.17) is 21.5 Å². The van der Waals surface area contributed by atoms with Gasteiger partial charge in [-0.1, -0.05) is 11.8 Å². The Hall–Kier alpha value is -2.27. The first-order valence-corrected chi connectivity index (χ1v) is 6.27. The Bertz CT molecular complexity index is 554. The van der Waals surface area contributed by atoms with E-state index in [0.29, 0.717) is 0 Å². The summed E-state index contributed by atoms with van der Waals surface area (Å²) in [5, 5.41) is 9.25. The van der Waals surface area contributed by atoms with Crippen LogP contribution in [-0.4, -0.2) is 29.2 Å². The highest BCUT2D eigenvalue weighted by Crippen LogP contribution is 2.24. The fourth-order valence-electron chi connectivity index (χ4n) is 1.21. The molecule has 1 heterocycles. The maximum absolute atomic E-state index is 11.6. The Labute approximate surface area is 113 Å². The molecule has 8 heteroatoms. The van der Waals surface area contributed by atoms with Gasteiger partial charge in [0, 0.05) is 0 Å². The Morgan fingerprint density at radius 1 is 1.58 bits per heavy atom. The number of thioether (sulfide) groups is 1. The van der Waals surface area contributed by atoms with Crippen molar-refractivity contribution in [2.75, 3.05) is 18.1 Å². The SMILES string of the molecule is CCOC(=O)c1cc(C#N)c(SCC(N)=O)nc1N. The topological polar surface area (TPSA) is 132 Å². The lowest BCUT2D eigenvalue weighted by Gasteiger charge is -2.08. The second-order valence-corrected chi connectivity index (χ2v) is 4.33. The lowest BCUT2D eigenvalue weighted by Crippen LogP contribution is -2.14. The van der Waals surface area contributed by atoms with Gasteiger partial charge in [-0.15, -0.1) is 0 Å². The van der Waals surface area contributed by atoms with Crippen LogP contribution in [0.4, 0.5) is 5.82 Å². The van der Waals surface area contributed by atoms with Gasteiger partial charge >= 0.3 is 5.97 Å². The molecule has 1 rings (SSSR count). The van der Waals surface area contributed by atoms with Crippen molar-refractivity contribution in [2.24, 2.45) is 5.73 Å². The maximum Gasteiger partial charge on any atom is 0.341 e. The number of nitriles is 1. The van der Waals surface area contributed by atoms with E-state index in [1.54, 1.807) is 6.92 Å². The molecule has 0 atom stereocenters. The number of carbonyl (C=O) groups excluding carboxylic acids is 2. The maximum atomic E-state index is 11.6. The van der Waals surface area contributed by atoms with Crippen LogP contribution in [0.5, 0.6) is 0 Å². The third kappa shape index (κ3) is 3.86. The van der Waals surface area contributed by atoms with Crippen LogP contribution in [0, 0.1) is 11.3 Å². The Kier molecular flexibility index (Phi) is 5.14. The number of nitrogen functional groups attached to an aromatic ring is 1. The number of anilines is 1. The molecule has 7 nitrogen and oxygen atoms in total. The quantitative estimate of drug-likeness (QED) is 0.585. The normalized spacial score (nSPS) is 9.68. The predicted molar refractivity (Wildman–Crippen MR) is 69.2 cm³/mol. The van der Waals surface area contributed by atoms with Gasteiger partial charge in [-0.2, -0.15) is 5.26 Å². The summed E-state index contributed by atoms with van der Waals surface area (Å²) in [6.45, 7) is 1.85. The van der Waals surface area contributed by atoms with Crippen LogP contribution in [0.25, 0.3) is 0 Å². The molecule has 1 aromatic heterocycles. The fraction of sp³-hybridized carbons (Fsp3) is 0.273. The Morgan fingerprint density at radius 3 is 2.79 bits per heavy atom. The molecule has 0 aliphatic carbocycles. The number of esters is 1. The highest BCUT2D eigenvalue weighted by Gasteiger charge is 2.17. The van der Waals surface area contributed by atoms with E-state index in [9.17, 15) is 9.59 Å². The van der Waals surface area contributed by atoms with Gasteiger partial charge in [0.2, 0.25) is 5.91 Å². The predicted octanol–water partition coefficient (Wildman–Crippen LogP) is 0.290. The van der Waals surface area contributed by atoms with Gasteiger partial charge < -0.3 is 16.2 Å². The van der Waals surface area contributed by atoms with E-state index in [1.165, 1.54) is 6.07 Å². The summed E-state index contributed by atoms with van der Waals surface area (Å²) in [7, 11) is 0. The Morgan fingerprint density at radius 2 is 2.26 bits per heavy atom. The summed E-state index contributed by atoms with van der Waals surface area (Å²) in [5.74, 6) is -1.26. The zero-order valence-electron chi connectivity index (χ0n) is 10.2. The third-order valence-electron chi connectivity index (χ3n) is 1.98. The summed E-state index contributed by atoms with van der Waals surface area (Å²) in [6, 6.07) is 3.18. The van der Waals surface area contributed by atoms with Gasteiger partial charge in [-0.25, -0.2) is 9.78 Å². The minimum absolute atomic E-state index is 0.0279. The second-order valence-electron chi connectivity index (χ2n) is 3.36. The summed E-state index contributed by atoms with van der Waals surface area (Å²) in [4.78, 5) is 26.2. The van der Waals surface area contributed by atoms with Crippen LogP contribution in [0.15, 0.2) is 11.1 Å². The van der Waals surface area contributed by atoms with E-state index in [0.717, 1.165) is 11.8 Å². The number of primary amides is 1. The minimum Gasteiger partial charge on any atom is -0.462 e. The molecule has 100 valence electrons. The van der Waals surface area contributed by atoms with Crippen molar-refractivity contribution in [3.63, 3.8) is 0 Å². The summed E-state index contributed by atoms with van der Waals surface area (Å²) >= 11 is 0.987. The van der Waals surface area contributed by atoms with Gasteiger partial charge in [0.1, 0.15) is 22.5 Å². The zero-order valence-corrected chi connectivity index (χ0v) is 11.0. The fourth-order valence-corrected chi connectivity index (χ4v) is 1.91. The van der Waals surface area contributed by atoms with Gasteiger partial charge in [-0.3, -0.25) is 4.79 Å². The molecule has 4 N–H and O–H groups in total. The van der Waals surface area contributed by atoms with E-state index in [-0.39, 0.29) is 34.3 Å². The van der Waals surface area contributed by atoms with Crippen molar-refractivity contribution < 1.29 is 14.3 Å². The number of nitrogens with two attached hydrogens (primary N) is 2. The molecule has 1 amide bonds. The monoisotopic (exact) mass is 280 g/mol. The molecule has 19 heavy (non-hydrogen) atoms. The number of pyridine rings is 1. The van der Waals surface area contributed by atoms with Crippen LogP contribution in [-0.2, 0) is 9.53 Å². The number of hydrogen-bond acceptors (Lipinski definition) is 7. The highest BCUT2D eigenvalue weighted by atomic mass is 32.2. The third-order valence-corrected chi connectivity index (χ3v) is 3.00. The first-order chi connectivity index (χ1) is 8.99. The molecule has 0 radical (unpaired) electrons. The molecule has 0 bridgehead atoms. The van der Waals surface area contributed by atoms with Crippen LogP contribution in [0.1, 0.15) is 22.8 Å². The number of rotatable bonds is 5. The van der Waals surface area contributed by atoms with Crippen molar-refractivity contribution in [1.29, 1.82) is 5.26 Å². The average molecular weight is 280 g/mol. The van der Waals surface area contributed by atoms with E-state index < -0.39 is 11.9 Å². The van der Waals surface area contributed by atoms with Crippen molar-refractivity contribution in [3.8, 4) is 6.07 Å². The van der Waals surface area contributed by atoms with E-state index >= 15 is 0 Å². The van der Waals surface area contributed by atoms with Crippen molar-refractivity contribution >= 4 is 29.5 Å². The van der Waals surface area contributed by atoms with Crippen molar-refractivity contribution in [1.82, 2.24) is 4.98 Å². The van der Waals surface area contributed by atoms with E-state index in [2.05, 4.69) is 4.98 Å². The van der Waals surface area contributed by atoms with E-state index in [1.807, 2.05) is 6.07 Å². The zero-order chi connectivity index (χ0) is 14.4. The number of nitrogens with zero attached hydrogens (tertiary/aromatic N) is 2. The lowest BCUT2D eigenvalue weighted by atomic mass is 10.2. The van der Waals surface area contributed by atoms with Gasteiger partial charge in [-0.05, 0) is 13.0 Å². The molecule has 0 fully saturated rings. The Balaban J connectivity index is 3.11. The molecule has 0 saturated carbocycles. The molecule has 0 aliphatic heterocycles. The van der Waals surface area contributed by atoms with Crippen LogP contribution >= 0.6 is 11.8 Å². The highest BCUT2D eigenvalue weighted by molar-refractivity contribution is 8.00. The molecule has 0 aromatic carbocycles. The van der Waals surface area contributed by atoms with Crippen LogP contribution < -0.4 is 11.5 Å². The van der Waals surface area contributed by atoms with Crippen molar-refractivity contribution in [3.05, 3.63) is 17.2 Å². The lowest BCUT2D eigenvalue weighted by molar-refractivity contribution is -0.115. The average Bonchev–Trinajstić information content (AvgIpc) is 2.36. The molecular weight excluding hydrogens is 268 g/mol. The number of ether oxygens (including phenoxy) is 1. The van der Waals surface area contributed by atoms with Gasteiger partial charge in [0.15, 0.2) is 0 Å². The van der Waals surface area contributed by atoms with Crippen LogP contribution in [0.3, 0.4) is 0 Å². The number of carbonyl (C=O) groups is 2. The molecule has 0 aliphatic rings. The number of aromatic nitrogens is 1. The van der Waals surface area contributed by atoms with Gasteiger partial charge in [0.25, 0.3) is 0 Å². The first-order valence-electron chi connectivity index (χ1n) is 5.28. The summed E-state index contributed by atoms with van der Waals surface area (Å²) in [5.41, 5.74) is 10.8. The van der Waals surface area contributed by atoms with Gasteiger partial charge in [0.05, 0.1) is 17.9 Å². The molecule has 0 unspecified atom stereocenters. The second kappa shape index (κ2) is 6.61. The molecule has 0 saturated heterocycles. The smallest absolute Gasteiger partial charge is 0.341 e.